The molecule has 2 aliphatic heterocycles. The number of hydrogen-bond donors (Lipinski definition) is 2. The zero-order chi connectivity index (χ0) is 14.0. The summed E-state index contributed by atoms with van der Waals surface area (Å²) < 4.78 is 5.62. The molecule has 2 aliphatic rings. The van der Waals surface area contributed by atoms with E-state index in [-0.39, 0.29) is 6.61 Å². The van der Waals surface area contributed by atoms with E-state index < -0.39 is 11.5 Å². The molecule has 0 aromatic heterocycles. The van der Waals surface area contributed by atoms with Crippen molar-refractivity contribution in [2.24, 2.45) is 0 Å². The first kappa shape index (κ1) is 13.5. The fraction of sp³-hybridized carbons (Fsp3) is 0.533. The van der Waals surface area contributed by atoms with Gasteiger partial charge in [-0.05, 0) is 24.1 Å². The average molecular weight is 276 g/mol. The van der Waals surface area contributed by atoms with Crippen molar-refractivity contribution in [3.8, 4) is 0 Å². The molecule has 1 atom stereocenters. The number of rotatable bonds is 2. The summed E-state index contributed by atoms with van der Waals surface area (Å²) in [6.45, 7) is 3.98. The molecule has 2 N–H and O–H groups in total. The molecule has 5 heteroatoms. The second kappa shape index (κ2) is 5.52. The van der Waals surface area contributed by atoms with Gasteiger partial charge in [-0.25, -0.2) is 4.79 Å². The number of nitrogens with one attached hydrogen (secondary N) is 1. The summed E-state index contributed by atoms with van der Waals surface area (Å²) in [7, 11) is 0. The highest BCUT2D eigenvalue weighted by Crippen LogP contribution is 2.36. The normalized spacial score (nSPS) is 27.6. The number of carboxylic acid groups (broad SMARTS) is 1. The van der Waals surface area contributed by atoms with Crippen LogP contribution in [0.3, 0.4) is 0 Å². The van der Waals surface area contributed by atoms with Crippen molar-refractivity contribution in [1.29, 1.82) is 0 Å². The summed E-state index contributed by atoms with van der Waals surface area (Å²) in [5, 5.41) is 13.3. The third kappa shape index (κ3) is 2.12. The van der Waals surface area contributed by atoms with E-state index in [1.54, 1.807) is 0 Å². The topological polar surface area (TPSA) is 61.8 Å². The second-order valence-electron chi connectivity index (χ2n) is 5.41. The Balaban J connectivity index is 2.06. The molecule has 0 bridgehead atoms. The molecule has 108 valence electrons. The lowest BCUT2D eigenvalue weighted by atomic mass is 9.83. The molecule has 0 amide bonds. The molecular weight excluding hydrogens is 256 g/mol. The highest BCUT2D eigenvalue weighted by Gasteiger charge is 2.49. The van der Waals surface area contributed by atoms with Crippen molar-refractivity contribution in [1.82, 2.24) is 10.2 Å². The van der Waals surface area contributed by atoms with Gasteiger partial charge in [0.15, 0.2) is 5.54 Å². The molecule has 1 aromatic rings. The van der Waals surface area contributed by atoms with Gasteiger partial charge in [0.2, 0.25) is 0 Å². The minimum atomic E-state index is -1.04. The zero-order valence-corrected chi connectivity index (χ0v) is 11.5. The number of benzene rings is 1. The number of carboxylic acids is 1. The van der Waals surface area contributed by atoms with Crippen LogP contribution in [0.25, 0.3) is 0 Å². The van der Waals surface area contributed by atoms with E-state index in [1.807, 2.05) is 24.3 Å². The average Bonchev–Trinajstić information content (AvgIpc) is 2.75. The lowest BCUT2D eigenvalue weighted by Crippen LogP contribution is -2.57. The number of nitrogens with zero attached hydrogens (tertiary/aromatic N) is 1. The Kier molecular flexibility index (Phi) is 3.74. The lowest BCUT2D eigenvalue weighted by molar-refractivity contribution is -0.160. The van der Waals surface area contributed by atoms with Gasteiger partial charge in [-0.2, -0.15) is 0 Å². The first-order valence-electron chi connectivity index (χ1n) is 7.10. The van der Waals surface area contributed by atoms with Crippen LogP contribution in [0.1, 0.15) is 17.5 Å². The molecule has 1 unspecified atom stereocenters. The summed E-state index contributed by atoms with van der Waals surface area (Å²) >= 11 is 0. The Hall–Kier alpha value is -1.43. The largest absolute Gasteiger partial charge is 0.480 e. The van der Waals surface area contributed by atoms with Crippen LogP contribution in [0.5, 0.6) is 0 Å². The Labute approximate surface area is 118 Å². The van der Waals surface area contributed by atoms with Gasteiger partial charge in [-0.15, -0.1) is 0 Å². The van der Waals surface area contributed by atoms with E-state index in [9.17, 15) is 9.90 Å². The molecule has 0 spiro atoms. The summed E-state index contributed by atoms with van der Waals surface area (Å²) in [6.07, 6.45) is 0.956. The standard InChI is InChI=1S/C15H20N2O3/c18-14(19)15(17-8-3-6-16-7-9-17)11-20-10-12-4-1-2-5-13(12)15/h1-2,4-5,16H,3,6-11H2,(H,18,19). The van der Waals surface area contributed by atoms with E-state index in [1.165, 1.54) is 0 Å². The molecule has 3 rings (SSSR count). The molecular formula is C15H20N2O3. The van der Waals surface area contributed by atoms with Crippen LogP contribution in [0, 0.1) is 0 Å². The molecule has 2 heterocycles. The first-order chi connectivity index (χ1) is 9.75. The maximum Gasteiger partial charge on any atom is 0.331 e. The van der Waals surface area contributed by atoms with Gasteiger partial charge in [-0.3, -0.25) is 4.90 Å². The maximum absolute atomic E-state index is 12.1. The number of ether oxygens (including phenoxy) is 1. The number of aliphatic carboxylic acids is 1. The predicted molar refractivity (Wildman–Crippen MR) is 74.5 cm³/mol. The number of carbonyl (C=O) groups is 1. The van der Waals surface area contributed by atoms with E-state index in [0.717, 1.165) is 43.7 Å². The molecule has 0 aliphatic carbocycles. The number of fused-ring (bicyclic) bond motifs is 1. The minimum absolute atomic E-state index is 0.222. The Bertz CT molecular complexity index is 498. The van der Waals surface area contributed by atoms with Gasteiger partial charge >= 0.3 is 5.97 Å². The van der Waals surface area contributed by atoms with Crippen LogP contribution in [0.4, 0.5) is 0 Å². The van der Waals surface area contributed by atoms with Crippen LogP contribution in [0.2, 0.25) is 0 Å². The van der Waals surface area contributed by atoms with Crippen LogP contribution in [-0.2, 0) is 21.7 Å². The first-order valence-corrected chi connectivity index (χ1v) is 7.10. The fourth-order valence-corrected chi connectivity index (χ4v) is 3.24. The summed E-state index contributed by atoms with van der Waals surface area (Å²) in [4.78, 5) is 14.2. The number of hydrogen-bond acceptors (Lipinski definition) is 4. The molecule has 0 radical (unpaired) electrons. The van der Waals surface area contributed by atoms with Gasteiger partial charge in [0.1, 0.15) is 0 Å². The monoisotopic (exact) mass is 276 g/mol. The van der Waals surface area contributed by atoms with Crippen LogP contribution < -0.4 is 5.32 Å². The van der Waals surface area contributed by atoms with Crippen LogP contribution >= 0.6 is 0 Å². The Morgan fingerprint density at radius 1 is 1.30 bits per heavy atom. The van der Waals surface area contributed by atoms with Crippen molar-refractivity contribution >= 4 is 5.97 Å². The van der Waals surface area contributed by atoms with Crippen molar-refractivity contribution in [3.05, 3.63) is 35.4 Å². The van der Waals surface area contributed by atoms with Gasteiger partial charge in [0, 0.05) is 19.6 Å². The molecule has 20 heavy (non-hydrogen) atoms. The smallest absolute Gasteiger partial charge is 0.331 e. The summed E-state index contributed by atoms with van der Waals surface area (Å²) in [6, 6.07) is 7.74. The molecule has 0 saturated carbocycles. The lowest BCUT2D eigenvalue weighted by Gasteiger charge is -2.43. The Morgan fingerprint density at radius 3 is 3.00 bits per heavy atom. The van der Waals surface area contributed by atoms with E-state index in [0.29, 0.717) is 6.61 Å². The quantitative estimate of drug-likeness (QED) is 0.836. The van der Waals surface area contributed by atoms with E-state index in [2.05, 4.69) is 10.2 Å². The predicted octanol–water partition coefficient (Wildman–Crippen LogP) is 0.792. The van der Waals surface area contributed by atoms with Gasteiger partial charge in [0.25, 0.3) is 0 Å². The van der Waals surface area contributed by atoms with Gasteiger partial charge in [0.05, 0.1) is 13.2 Å². The van der Waals surface area contributed by atoms with Crippen molar-refractivity contribution in [3.63, 3.8) is 0 Å². The van der Waals surface area contributed by atoms with Crippen molar-refractivity contribution in [2.45, 2.75) is 18.6 Å². The summed E-state index contributed by atoms with van der Waals surface area (Å²) in [5.74, 6) is -0.813. The molecule has 1 fully saturated rings. The molecule has 1 aromatic carbocycles. The zero-order valence-electron chi connectivity index (χ0n) is 11.5. The van der Waals surface area contributed by atoms with E-state index in [4.69, 9.17) is 4.74 Å². The highest BCUT2D eigenvalue weighted by atomic mass is 16.5. The third-order valence-electron chi connectivity index (χ3n) is 4.27. The summed E-state index contributed by atoms with van der Waals surface area (Å²) in [5.41, 5.74) is 0.833. The molecule has 5 nitrogen and oxygen atoms in total. The van der Waals surface area contributed by atoms with Crippen LogP contribution in [0.15, 0.2) is 24.3 Å². The SMILES string of the molecule is O=C(O)C1(N2CCCNCC2)COCc2ccccc21. The van der Waals surface area contributed by atoms with Crippen LogP contribution in [-0.4, -0.2) is 48.8 Å². The van der Waals surface area contributed by atoms with Gasteiger partial charge < -0.3 is 15.2 Å². The maximum atomic E-state index is 12.1. The van der Waals surface area contributed by atoms with Crippen molar-refractivity contribution < 1.29 is 14.6 Å². The third-order valence-corrected chi connectivity index (χ3v) is 4.27. The van der Waals surface area contributed by atoms with Crippen molar-refractivity contribution in [2.75, 3.05) is 32.8 Å². The highest BCUT2D eigenvalue weighted by molar-refractivity contribution is 5.82. The molecule has 1 saturated heterocycles. The second-order valence-corrected chi connectivity index (χ2v) is 5.41. The minimum Gasteiger partial charge on any atom is -0.480 e. The fourth-order valence-electron chi connectivity index (χ4n) is 3.24. The Morgan fingerprint density at radius 2 is 2.15 bits per heavy atom. The van der Waals surface area contributed by atoms with Gasteiger partial charge in [-0.1, -0.05) is 24.3 Å². The van der Waals surface area contributed by atoms with E-state index >= 15 is 0 Å².